The van der Waals surface area contributed by atoms with Crippen LogP contribution in [0.3, 0.4) is 0 Å². The molecule has 0 aromatic carbocycles. The van der Waals surface area contributed by atoms with Crippen LogP contribution in [0.1, 0.15) is 32.1 Å². The molecule has 1 nitrogen and oxygen atoms in total. The number of ether oxygens (including phenoxy) is 1. The maximum atomic E-state index is 5.30. The van der Waals surface area contributed by atoms with Crippen LogP contribution in [0, 0.1) is 0 Å². The Morgan fingerprint density at radius 1 is 1.07 bits per heavy atom. The van der Waals surface area contributed by atoms with Crippen molar-refractivity contribution in [3.8, 4) is 0 Å². The van der Waals surface area contributed by atoms with Crippen LogP contribution in [-0.2, 0) is 4.74 Å². The Hall–Kier alpha value is -1.24. The molecular formula is C14H18O. The van der Waals surface area contributed by atoms with Crippen LogP contribution in [0.2, 0.25) is 0 Å². The van der Waals surface area contributed by atoms with Crippen molar-refractivity contribution in [2.45, 2.75) is 32.1 Å². The molecule has 0 spiro atoms. The van der Waals surface area contributed by atoms with Gasteiger partial charge in [-0.1, -0.05) is 35.5 Å². The molecule has 0 heterocycles. The fourth-order valence-corrected chi connectivity index (χ4v) is 2.10. The zero-order valence-electron chi connectivity index (χ0n) is 9.33. The summed E-state index contributed by atoms with van der Waals surface area (Å²) in [5.41, 5.74) is 3.07. The molecule has 1 heteroatoms. The Morgan fingerprint density at radius 2 is 1.93 bits per heavy atom. The molecule has 0 bridgehead atoms. The smallest absolute Gasteiger partial charge is 0.0959 e. The molecule has 0 aromatic rings. The highest BCUT2D eigenvalue weighted by molar-refractivity contribution is 5.26. The Morgan fingerprint density at radius 3 is 2.67 bits per heavy atom. The number of rotatable bonds is 3. The lowest BCUT2D eigenvalue weighted by molar-refractivity contribution is 0.279. The third-order valence-electron chi connectivity index (χ3n) is 2.96. The summed E-state index contributed by atoms with van der Waals surface area (Å²) >= 11 is 0. The molecule has 0 amide bonds. The molecule has 0 saturated carbocycles. The van der Waals surface area contributed by atoms with Crippen molar-refractivity contribution in [2.24, 2.45) is 0 Å². The minimum Gasteiger partial charge on any atom is -0.501 e. The quantitative estimate of drug-likeness (QED) is 0.631. The second-order valence-corrected chi connectivity index (χ2v) is 4.10. The van der Waals surface area contributed by atoms with E-state index in [0.29, 0.717) is 0 Å². The van der Waals surface area contributed by atoms with Crippen LogP contribution in [-0.4, -0.2) is 7.11 Å². The molecule has 0 radical (unpaired) electrons. The molecule has 2 aliphatic carbocycles. The predicted molar refractivity (Wildman–Crippen MR) is 63.5 cm³/mol. The number of hydrogen-bond acceptors (Lipinski definition) is 1. The number of methoxy groups -OCH3 is 1. The van der Waals surface area contributed by atoms with Crippen LogP contribution in [0.25, 0.3) is 0 Å². The molecule has 0 aliphatic heterocycles. The van der Waals surface area contributed by atoms with E-state index >= 15 is 0 Å². The molecular weight excluding hydrogens is 184 g/mol. The predicted octanol–water partition coefficient (Wildman–Crippen LogP) is 3.90. The average molecular weight is 202 g/mol. The van der Waals surface area contributed by atoms with E-state index in [9.17, 15) is 0 Å². The third kappa shape index (κ3) is 2.85. The summed E-state index contributed by atoms with van der Waals surface area (Å²) in [6, 6.07) is 0. The number of hydrogen-bond donors (Lipinski definition) is 0. The first-order valence-corrected chi connectivity index (χ1v) is 5.62. The maximum absolute atomic E-state index is 5.30. The third-order valence-corrected chi connectivity index (χ3v) is 2.96. The van der Waals surface area contributed by atoms with Crippen molar-refractivity contribution >= 4 is 0 Å². The van der Waals surface area contributed by atoms with Gasteiger partial charge in [-0.05, 0) is 31.8 Å². The minimum absolute atomic E-state index is 0.998. The lowest BCUT2D eigenvalue weighted by atomic mass is 9.93. The lowest BCUT2D eigenvalue weighted by Crippen LogP contribution is -1.98. The first-order chi connectivity index (χ1) is 7.38. The molecule has 0 atom stereocenters. The monoisotopic (exact) mass is 202 g/mol. The molecule has 80 valence electrons. The van der Waals surface area contributed by atoms with Crippen LogP contribution in [0.15, 0.2) is 47.3 Å². The SMILES string of the molecule is COC1=CCC=C(CC2=CCC=CC2)C1. The Labute approximate surface area is 91.8 Å². The van der Waals surface area contributed by atoms with E-state index in [1.165, 1.54) is 5.57 Å². The lowest BCUT2D eigenvalue weighted by Gasteiger charge is -2.16. The maximum Gasteiger partial charge on any atom is 0.0959 e. The van der Waals surface area contributed by atoms with E-state index < -0.39 is 0 Å². The molecule has 0 aromatic heterocycles. The van der Waals surface area contributed by atoms with E-state index in [4.69, 9.17) is 4.74 Å². The average Bonchev–Trinajstić information content (AvgIpc) is 2.31. The van der Waals surface area contributed by atoms with Gasteiger partial charge in [0.2, 0.25) is 0 Å². The van der Waals surface area contributed by atoms with Gasteiger partial charge in [-0.3, -0.25) is 0 Å². The summed E-state index contributed by atoms with van der Waals surface area (Å²) in [4.78, 5) is 0. The Kier molecular flexibility index (Phi) is 3.44. The van der Waals surface area contributed by atoms with Crippen molar-refractivity contribution in [1.29, 1.82) is 0 Å². The molecule has 2 aliphatic rings. The van der Waals surface area contributed by atoms with Crippen LogP contribution < -0.4 is 0 Å². The summed E-state index contributed by atoms with van der Waals surface area (Å²) < 4.78 is 5.30. The van der Waals surface area contributed by atoms with Gasteiger partial charge in [0.25, 0.3) is 0 Å². The van der Waals surface area contributed by atoms with Gasteiger partial charge in [0.1, 0.15) is 0 Å². The second kappa shape index (κ2) is 5.01. The van der Waals surface area contributed by atoms with Crippen molar-refractivity contribution in [2.75, 3.05) is 7.11 Å². The van der Waals surface area contributed by atoms with Gasteiger partial charge in [0.05, 0.1) is 12.9 Å². The number of allylic oxidation sites excluding steroid dienone is 7. The zero-order valence-corrected chi connectivity index (χ0v) is 9.33. The molecule has 0 fully saturated rings. The van der Waals surface area contributed by atoms with E-state index in [-0.39, 0.29) is 0 Å². The van der Waals surface area contributed by atoms with Crippen LogP contribution in [0.5, 0.6) is 0 Å². The van der Waals surface area contributed by atoms with Gasteiger partial charge in [0, 0.05) is 6.42 Å². The highest BCUT2D eigenvalue weighted by Gasteiger charge is 2.09. The normalized spacial score (nSPS) is 20.5. The molecule has 15 heavy (non-hydrogen) atoms. The molecule has 0 unspecified atom stereocenters. The van der Waals surface area contributed by atoms with Crippen molar-refractivity contribution in [3.05, 3.63) is 47.3 Å². The fraction of sp³-hybridized carbons (Fsp3) is 0.429. The summed E-state index contributed by atoms with van der Waals surface area (Å²) in [6.07, 6.45) is 16.8. The van der Waals surface area contributed by atoms with Gasteiger partial charge in [-0.25, -0.2) is 0 Å². The second-order valence-electron chi connectivity index (χ2n) is 4.10. The summed E-state index contributed by atoms with van der Waals surface area (Å²) in [5, 5.41) is 0. The molecule has 0 saturated heterocycles. The standard InChI is InChI=1S/C14H18O/c1-15-14-9-5-8-13(11-14)10-12-6-3-2-4-7-12/h2-3,7-9H,4-6,10-11H2,1H3. The van der Waals surface area contributed by atoms with Crippen molar-refractivity contribution < 1.29 is 4.74 Å². The summed E-state index contributed by atoms with van der Waals surface area (Å²) in [5.74, 6) is 1.12. The Bertz CT molecular complexity index is 342. The first-order valence-electron chi connectivity index (χ1n) is 5.62. The van der Waals surface area contributed by atoms with E-state index in [2.05, 4.69) is 30.4 Å². The molecule has 0 N–H and O–H groups in total. The topological polar surface area (TPSA) is 9.23 Å². The van der Waals surface area contributed by atoms with Gasteiger partial charge in [-0.2, -0.15) is 0 Å². The highest BCUT2D eigenvalue weighted by Crippen LogP contribution is 2.27. The summed E-state index contributed by atoms with van der Waals surface area (Å²) in [6.45, 7) is 0. The van der Waals surface area contributed by atoms with Crippen molar-refractivity contribution in [3.63, 3.8) is 0 Å². The van der Waals surface area contributed by atoms with Gasteiger partial charge >= 0.3 is 0 Å². The van der Waals surface area contributed by atoms with E-state index in [1.807, 2.05) is 0 Å². The van der Waals surface area contributed by atoms with E-state index in [1.54, 1.807) is 12.7 Å². The fourth-order valence-electron chi connectivity index (χ4n) is 2.10. The van der Waals surface area contributed by atoms with Gasteiger partial charge < -0.3 is 4.74 Å². The van der Waals surface area contributed by atoms with E-state index in [0.717, 1.165) is 37.9 Å². The van der Waals surface area contributed by atoms with Gasteiger partial charge in [0.15, 0.2) is 0 Å². The summed E-state index contributed by atoms with van der Waals surface area (Å²) in [7, 11) is 1.76. The van der Waals surface area contributed by atoms with Gasteiger partial charge in [-0.15, -0.1) is 0 Å². The van der Waals surface area contributed by atoms with Crippen molar-refractivity contribution in [1.82, 2.24) is 0 Å². The largest absolute Gasteiger partial charge is 0.501 e. The van der Waals surface area contributed by atoms with Crippen LogP contribution >= 0.6 is 0 Å². The highest BCUT2D eigenvalue weighted by atomic mass is 16.5. The zero-order chi connectivity index (χ0) is 10.5. The Balaban J connectivity index is 1.90. The van der Waals surface area contributed by atoms with Crippen LogP contribution in [0.4, 0.5) is 0 Å². The molecule has 2 rings (SSSR count). The first kappa shape index (κ1) is 10.3. The minimum atomic E-state index is 0.998.